The van der Waals surface area contributed by atoms with Gasteiger partial charge in [-0.1, -0.05) is 0 Å². The Hall–Kier alpha value is -2.94. The van der Waals surface area contributed by atoms with Crippen LogP contribution < -0.4 is 15.4 Å². The van der Waals surface area contributed by atoms with Gasteiger partial charge in [-0.25, -0.2) is 4.98 Å². The normalized spacial score (nSPS) is 21.3. The molecule has 2 aromatic rings. The number of rotatable bonds is 7. The van der Waals surface area contributed by atoms with Gasteiger partial charge in [0.25, 0.3) is 5.91 Å². The van der Waals surface area contributed by atoms with E-state index in [1.165, 1.54) is 13.3 Å². The summed E-state index contributed by atoms with van der Waals surface area (Å²) in [7, 11) is 1.50. The third kappa shape index (κ3) is 4.86. The second-order valence-corrected chi connectivity index (χ2v) is 6.92. The number of pyridine rings is 1. The summed E-state index contributed by atoms with van der Waals surface area (Å²) in [5, 5.41) is 20.2. The number of aliphatic hydroxyl groups excluding tert-OH is 1. The molecule has 1 saturated carbocycles. The smallest absolute Gasteiger partial charge is 0.253 e. The Balaban J connectivity index is 1.47. The highest BCUT2D eigenvalue weighted by Crippen LogP contribution is 2.26. The van der Waals surface area contributed by atoms with Crippen LogP contribution in [0.25, 0.3) is 0 Å². The molecule has 2 aromatic heterocycles. The lowest BCUT2D eigenvalue weighted by Crippen LogP contribution is -2.40. The molecule has 3 N–H and O–H groups in total. The number of nitrogens with one attached hydrogen (secondary N) is 2. The van der Waals surface area contributed by atoms with Gasteiger partial charge in [0.1, 0.15) is 0 Å². The lowest BCUT2D eigenvalue weighted by Gasteiger charge is -2.16. The standard InChI is InChI=1S/C19H25N5O4/c1-12-5-7-24(23-12)8-6-20-18(26)14-9-15(16(25)10-14)22-19(27)13-3-4-17(28-2)21-11-13/h3-5,7,11,14-16,25H,6,8-10H2,1-2H3,(H,20,26)(H,22,27)/t14-,15+,16+/m0/s1. The van der Waals surface area contributed by atoms with E-state index < -0.39 is 12.1 Å². The number of aryl methyl sites for hydroxylation is 1. The predicted molar refractivity (Wildman–Crippen MR) is 101 cm³/mol. The lowest BCUT2D eigenvalue weighted by atomic mass is 10.1. The minimum absolute atomic E-state index is 0.120. The molecular formula is C19H25N5O4. The first-order valence-electron chi connectivity index (χ1n) is 9.23. The van der Waals surface area contributed by atoms with Crippen molar-refractivity contribution in [2.75, 3.05) is 13.7 Å². The van der Waals surface area contributed by atoms with Gasteiger partial charge in [0.15, 0.2) is 0 Å². The molecule has 0 aliphatic heterocycles. The van der Waals surface area contributed by atoms with Crippen LogP contribution in [0.5, 0.6) is 5.88 Å². The summed E-state index contributed by atoms with van der Waals surface area (Å²) in [6.07, 6.45) is 3.22. The molecule has 3 rings (SSSR count). The number of amides is 2. The van der Waals surface area contributed by atoms with Crippen molar-refractivity contribution in [1.82, 2.24) is 25.4 Å². The number of carbonyl (C=O) groups is 2. The molecule has 2 heterocycles. The van der Waals surface area contributed by atoms with Gasteiger partial charge in [0.05, 0.1) is 37.1 Å². The molecule has 2 amide bonds. The van der Waals surface area contributed by atoms with Crippen LogP contribution in [0.2, 0.25) is 0 Å². The van der Waals surface area contributed by atoms with Crippen LogP contribution >= 0.6 is 0 Å². The number of methoxy groups -OCH3 is 1. The van der Waals surface area contributed by atoms with Crippen LogP contribution in [0.3, 0.4) is 0 Å². The van der Waals surface area contributed by atoms with Crippen molar-refractivity contribution in [3.8, 4) is 5.88 Å². The summed E-state index contributed by atoms with van der Waals surface area (Å²) in [6.45, 7) is 2.95. The van der Waals surface area contributed by atoms with Crippen molar-refractivity contribution >= 4 is 11.8 Å². The summed E-state index contributed by atoms with van der Waals surface area (Å²) in [5.74, 6) is -0.381. The van der Waals surface area contributed by atoms with Gasteiger partial charge < -0.3 is 20.5 Å². The topological polar surface area (TPSA) is 118 Å². The van der Waals surface area contributed by atoms with E-state index in [2.05, 4.69) is 20.7 Å². The minimum atomic E-state index is -0.764. The molecule has 1 fully saturated rings. The SMILES string of the molecule is COc1ccc(C(=O)N[C@@H]2C[C@H](C(=O)NCCn3ccc(C)n3)C[C@H]2O)cn1. The molecule has 28 heavy (non-hydrogen) atoms. The third-order valence-electron chi connectivity index (χ3n) is 4.84. The number of aliphatic hydroxyl groups is 1. The van der Waals surface area contributed by atoms with Crippen molar-refractivity contribution in [3.05, 3.63) is 41.9 Å². The van der Waals surface area contributed by atoms with Crippen LogP contribution in [0.4, 0.5) is 0 Å². The van der Waals surface area contributed by atoms with Gasteiger partial charge in [0, 0.05) is 30.9 Å². The van der Waals surface area contributed by atoms with Crippen molar-refractivity contribution in [1.29, 1.82) is 0 Å². The molecule has 1 aliphatic rings. The quantitative estimate of drug-likeness (QED) is 0.628. The van der Waals surface area contributed by atoms with Gasteiger partial charge >= 0.3 is 0 Å². The fraction of sp³-hybridized carbons (Fsp3) is 0.474. The Morgan fingerprint density at radius 1 is 1.32 bits per heavy atom. The highest BCUT2D eigenvalue weighted by Gasteiger charge is 2.37. The molecule has 0 saturated heterocycles. The minimum Gasteiger partial charge on any atom is -0.481 e. The summed E-state index contributed by atoms with van der Waals surface area (Å²) in [6, 6.07) is 4.63. The fourth-order valence-electron chi connectivity index (χ4n) is 3.30. The number of ether oxygens (including phenoxy) is 1. The van der Waals surface area contributed by atoms with Gasteiger partial charge in [-0.15, -0.1) is 0 Å². The summed E-state index contributed by atoms with van der Waals surface area (Å²) in [5.41, 5.74) is 1.30. The lowest BCUT2D eigenvalue weighted by molar-refractivity contribution is -0.125. The Labute approximate surface area is 163 Å². The van der Waals surface area contributed by atoms with E-state index in [0.29, 0.717) is 37.4 Å². The van der Waals surface area contributed by atoms with Crippen LogP contribution in [0, 0.1) is 12.8 Å². The van der Waals surface area contributed by atoms with Gasteiger partial charge in [-0.05, 0) is 31.9 Å². The van der Waals surface area contributed by atoms with Crippen molar-refractivity contribution < 1.29 is 19.4 Å². The molecule has 0 unspecified atom stereocenters. The second-order valence-electron chi connectivity index (χ2n) is 6.92. The van der Waals surface area contributed by atoms with E-state index in [-0.39, 0.29) is 17.7 Å². The zero-order valence-corrected chi connectivity index (χ0v) is 16.0. The zero-order valence-electron chi connectivity index (χ0n) is 16.0. The van der Waals surface area contributed by atoms with Crippen molar-refractivity contribution in [3.63, 3.8) is 0 Å². The van der Waals surface area contributed by atoms with E-state index in [1.807, 2.05) is 19.2 Å². The maximum absolute atomic E-state index is 12.4. The van der Waals surface area contributed by atoms with Crippen LogP contribution in [0.15, 0.2) is 30.6 Å². The Bertz CT molecular complexity index is 820. The summed E-state index contributed by atoms with van der Waals surface area (Å²) >= 11 is 0. The number of hydrogen-bond acceptors (Lipinski definition) is 6. The molecule has 1 aliphatic carbocycles. The second kappa shape index (κ2) is 8.83. The van der Waals surface area contributed by atoms with Crippen molar-refractivity contribution in [2.45, 2.75) is 38.5 Å². The molecule has 9 heteroatoms. The molecule has 150 valence electrons. The van der Waals surface area contributed by atoms with Gasteiger partial charge in [-0.3, -0.25) is 14.3 Å². The maximum atomic E-state index is 12.4. The van der Waals surface area contributed by atoms with E-state index in [1.54, 1.807) is 16.8 Å². The van der Waals surface area contributed by atoms with Crippen LogP contribution in [0.1, 0.15) is 28.9 Å². The molecule has 0 aromatic carbocycles. The molecule has 3 atom stereocenters. The third-order valence-corrected chi connectivity index (χ3v) is 4.84. The first kappa shape index (κ1) is 19.8. The number of carbonyl (C=O) groups excluding carboxylic acids is 2. The molecular weight excluding hydrogens is 362 g/mol. The van der Waals surface area contributed by atoms with Crippen LogP contribution in [-0.4, -0.2) is 57.5 Å². The van der Waals surface area contributed by atoms with Gasteiger partial charge in [-0.2, -0.15) is 5.10 Å². The zero-order chi connectivity index (χ0) is 20.1. The fourth-order valence-corrected chi connectivity index (χ4v) is 3.30. The van der Waals surface area contributed by atoms with Crippen LogP contribution in [-0.2, 0) is 11.3 Å². The molecule has 0 bridgehead atoms. The Morgan fingerprint density at radius 3 is 2.79 bits per heavy atom. The van der Waals surface area contributed by atoms with E-state index >= 15 is 0 Å². The first-order chi connectivity index (χ1) is 13.5. The first-order valence-corrected chi connectivity index (χ1v) is 9.23. The highest BCUT2D eigenvalue weighted by atomic mass is 16.5. The average Bonchev–Trinajstić information content (AvgIpc) is 3.27. The Morgan fingerprint density at radius 2 is 2.14 bits per heavy atom. The largest absolute Gasteiger partial charge is 0.481 e. The molecule has 0 spiro atoms. The molecule has 0 radical (unpaired) electrons. The van der Waals surface area contributed by atoms with E-state index in [4.69, 9.17) is 4.74 Å². The number of hydrogen-bond donors (Lipinski definition) is 3. The Kier molecular flexibility index (Phi) is 6.25. The average molecular weight is 387 g/mol. The molecule has 9 nitrogen and oxygen atoms in total. The summed E-state index contributed by atoms with van der Waals surface area (Å²) in [4.78, 5) is 28.7. The monoisotopic (exact) mass is 387 g/mol. The summed E-state index contributed by atoms with van der Waals surface area (Å²) < 4.78 is 6.74. The van der Waals surface area contributed by atoms with Crippen molar-refractivity contribution in [2.24, 2.45) is 5.92 Å². The highest BCUT2D eigenvalue weighted by molar-refractivity contribution is 5.94. The predicted octanol–water partition coefficient (Wildman–Crippen LogP) is 0.281. The maximum Gasteiger partial charge on any atom is 0.253 e. The van der Waals surface area contributed by atoms with E-state index in [0.717, 1.165) is 5.69 Å². The van der Waals surface area contributed by atoms with E-state index in [9.17, 15) is 14.7 Å². The number of aromatic nitrogens is 3. The van der Waals surface area contributed by atoms with Gasteiger partial charge in [0.2, 0.25) is 11.8 Å². The number of nitrogens with zero attached hydrogens (tertiary/aromatic N) is 3.